The highest BCUT2D eigenvalue weighted by atomic mass is 32.2. The molecule has 2 heterocycles. The van der Waals surface area contributed by atoms with Gasteiger partial charge >= 0.3 is 0 Å². The molecule has 1 amide bonds. The Bertz CT molecular complexity index is 1690. The molecule has 0 spiro atoms. The molecule has 9 heteroatoms. The quantitative estimate of drug-likeness (QED) is 0.284. The summed E-state index contributed by atoms with van der Waals surface area (Å²) in [5, 5.41) is 3.65. The molecule has 0 saturated heterocycles. The first-order chi connectivity index (χ1) is 17.5. The molecule has 5 aromatic rings. The molecule has 0 unspecified atom stereocenters. The van der Waals surface area contributed by atoms with Crippen LogP contribution in [0.2, 0.25) is 0 Å². The number of carbonyl (C=O) groups excluding carboxylic acids is 1. The fourth-order valence-corrected chi connectivity index (χ4v) is 4.84. The highest BCUT2D eigenvalue weighted by Gasteiger charge is 2.19. The topological polar surface area (TPSA) is 90.9 Å². The van der Waals surface area contributed by atoms with E-state index in [2.05, 4.69) is 10.3 Å². The van der Waals surface area contributed by atoms with Crippen LogP contribution in [-0.4, -0.2) is 30.6 Å². The third-order valence-corrected chi connectivity index (χ3v) is 6.85. The van der Waals surface area contributed by atoms with Crippen molar-refractivity contribution in [1.82, 2.24) is 18.9 Å². The van der Waals surface area contributed by atoms with Crippen LogP contribution in [0.25, 0.3) is 22.3 Å². The summed E-state index contributed by atoms with van der Waals surface area (Å²) in [5.41, 5.74) is 2.25. The maximum Gasteiger partial charge on any atom is 0.295 e. The second kappa shape index (κ2) is 9.71. The first-order valence-electron chi connectivity index (χ1n) is 11.3. The molecule has 0 bridgehead atoms. The number of anilines is 1. The predicted octanol–water partition coefficient (Wildman–Crippen LogP) is 3.91. The zero-order chi connectivity index (χ0) is 25.2. The van der Waals surface area contributed by atoms with Gasteiger partial charge in [0.1, 0.15) is 5.69 Å². The van der Waals surface area contributed by atoms with Gasteiger partial charge in [0.15, 0.2) is 5.16 Å². The SMILES string of the molecule is Cc1c(NC(=O)CSc2nc3ccccc3c(=O)n2-c2ccccc2)c(=O)n(-c2ccccc2)n1C. The Balaban J connectivity index is 1.45. The van der Waals surface area contributed by atoms with E-state index in [9.17, 15) is 14.4 Å². The number of nitrogens with one attached hydrogen (secondary N) is 1. The molecule has 180 valence electrons. The summed E-state index contributed by atoms with van der Waals surface area (Å²) in [6.07, 6.45) is 0. The average molecular weight is 498 g/mol. The van der Waals surface area contributed by atoms with Crippen molar-refractivity contribution >= 4 is 34.3 Å². The van der Waals surface area contributed by atoms with E-state index in [1.54, 1.807) is 36.9 Å². The average Bonchev–Trinajstić information content (AvgIpc) is 3.11. The molecule has 0 aliphatic carbocycles. The Morgan fingerprint density at radius 3 is 2.17 bits per heavy atom. The molecule has 0 aliphatic heterocycles. The highest BCUT2D eigenvalue weighted by molar-refractivity contribution is 7.99. The van der Waals surface area contributed by atoms with Crippen molar-refractivity contribution < 1.29 is 4.79 Å². The summed E-state index contributed by atoms with van der Waals surface area (Å²) in [6.45, 7) is 1.78. The van der Waals surface area contributed by atoms with Crippen molar-refractivity contribution in [1.29, 1.82) is 0 Å². The van der Waals surface area contributed by atoms with Crippen molar-refractivity contribution in [2.75, 3.05) is 11.1 Å². The van der Waals surface area contributed by atoms with E-state index in [1.165, 1.54) is 9.25 Å². The van der Waals surface area contributed by atoms with Crippen LogP contribution in [0.5, 0.6) is 0 Å². The summed E-state index contributed by atoms with van der Waals surface area (Å²) in [6, 6.07) is 25.6. The number of amides is 1. The van der Waals surface area contributed by atoms with Crippen LogP contribution < -0.4 is 16.4 Å². The minimum absolute atomic E-state index is 0.0310. The maximum atomic E-state index is 13.3. The maximum absolute atomic E-state index is 13.3. The van der Waals surface area contributed by atoms with Crippen LogP contribution in [0, 0.1) is 6.92 Å². The van der Waals surface area contributed by atoms with Gasteiger partial charge in [0.2, 0.25) is 5.91 Å². The number of hydrogen-bond acceptors (Lipinski definition) is 5. The van der Waals surface area contributed by atoms with E-state index < -0.39 is 0 Å². The number of carbonyl (C=O) groups is 1. The lowest BCUT2D eigenvalue weighted by Crippen LogP contribution is -2.25. The number of thioether (sulfide) groups is 1. The van der Waals surface area contributed by atoms with Gasteiger partial charge in [0.25, 0.3) is 11.1 Å². The van der Waals surface area contributed by atoms with Gasteiger partial charge < -0.3 is 5.32 Å². The molecule has 36 heavy (non-hydrogen) atoms. The van der Waals surface area contributed by atoms with Gasteiger partial charge in [-0.3, -0.25) is 23.6 Å². The van der Waals surface area contributed by atoms with Crippen LogP contribution in [0.15, 0.2) is 99.7 Å². The third kappa shape index (κ3) is 4.25. The van der Waals surface area contributed by atoms with Crippen molar-refractivity contribution in [3.8, 4) is 11.4 Å². The van der Waals surface area contributed by atoms with Gasteiger partial charge in [0, 0.05) is 7.05 Å². The lowest BCUT2D eigenvalue weighted by Gasteiger charge is -2.13. The number of benzene rings is 3. The molecular formula is C27H23N5O3S. The second-order valence-electron chi connectivity index (χ2n) is 8.16. The van der Waals surface area contributed by atoms with E-state index >= 15 is 0 Å². The smallest absolute Gasteiger partial charge is 0.295 e. The van der Waals surface area contributed by atoms with Crippen LogP contribution >= 0.6 is 11.8 Å². The molecule has 5 rings (SSSR count). The Hall–Kier alpha value is -4.37. The third-order valence-electron chi connectivity index (χ3n) is 5.91. The zero-order valence-corrected chi connectivity index (χ0v) is 20.5. The minimum Gasteiger partial charge on any atom is -0.319 e. The number of rotatable bonds is 6. The first-order valence-corrected chi connectivity index (χ1v) is 12.3. The minimum atomic E-state index is -0.368. The molecule has 3 aromatic carbocycles. The zero-order valence-electron chi connectivity index (χ0n) is 19.7. The molecule has 0 atom stereocenters. The van der Waals surface area contributed by atoms with E-state index in [1.807, 2.05) is 66.7 Å². The highest BCUT2D eigenvalue weighted by Crippen LogP contribution is 2.22. The molecule has 0 aliphatic rings. The van der Waals surface area contributed by atoms with E-state index in [4.69, 9.17) is 0 Å². The first kappa shape index (κ1) is 23.4. The Kier molecular flexibility index (Phi) is 6.30. The van der Waals surface area contributed by atoms with Crippen LogP contribution in [0.4, 0.5) is 5.69 Å². The monoisotopic (exact) mass is 497 g/mol. The lowest BCUT2D eigenvalue weighted by atomic mass is 10.2. The summed E-state index contributed by atoms with van der Waals surface area (Å²) < 4.78 is 4.73. The van der Waals surface area contributed by atoms with Gasteiger partial charge in [-0.1, -0.05) is 60.3 Å². The molecule has 0 saturated carbocycles. The van der Waals surface area contributed by atoms with Crippen molar-refractivity contribution in [3.05, 3.63) is 111 Å². The van der Waals surface area contributed by atoms with Crippen LogP contribution in [0.3, 0.4) is 0 Å². The molecule has 0 radical (unpaired) electrons. The van der Waals surface area contributed by atoms with Crippen molar-refractivity contribution in [2.24, 2.45) is 7.05 Å². The van der Waals surface area contributed by atoms with E-state index in [-0.39, 0.29) is 28.5 Å². The van der Waals surface area contributed by atoms with Crippen molar-refractivity contribution in [2.45, 2.75) is 12.1 Å². The van der Waals surface area contributed by atoms with Gasteiger partial charge in [0.05, 0.1) is 33.7 Å². The Morgan fingerprint density at radius 1 is 0.861 bits per heavy atom. The molecule has 2 aromatic heterocycles. The predicted molar refractivity (Wildman–Crippen MR) is 142 cm³/mol. The standard InChI is InChI=1S/C27H23N5O3S/c1-18-24(26(35)32(30(18)2)20-13-7-4-8-14-20)29-23(33)17-36-27-28-22-16-10-9-15-21(22)25(34)31(27)19-11-5-3-6-12-19/h3-16H,17H2,1-2H3,(H,29,33). The number of nitrogens with zero attached hydrogens (tertiary/aromatic N) is 4. The molecule has 8 nitrogen and oxygen atoms in total. The number of fused-ring (bicyclic) bond motifs is 1. The van der Waals surface area contributed by atoms with Crippen molar-refractivity contribution in [3.63, 3.8) is 0 Å². The Morgan fingerprint density at radius 2 is 1.47 bits per heavy atom. The summed E-state index contributed by atoms with van der Waals surface area (Å²) in [5.74, 6) is -0.399. The van der Waals surface area contributed by atoms with Gasteiger partial charge in [-0.2, -0.15) is 0 Å². The lowest BCUT2D eigenvalue weighted by molar-refractivity contribution is -0.113. The Labute approximate surface area is 210 Å². The molecule has 1 N–H and O–H groups in total. The number of para-hydroxylation sites is 3. The second-order valence-corrected chi connectivity index (χ2v) is 9.10. The van der Waals surface area contributed by atoms with E-state index in [0.717, 1.165) is 11.8 Å². The molecular weight excluding hydrogens is 474 g/mol. The number of hydrogen-bond donors (Lipinski definition) is 1. The van der Waals surface area contributed by atoms with Crippen LogP contribution in [0.1, 0.15) is 5.69 Å². The normalized spacial score (nSPS) is 11.1. The summed E-state index contributed by atoms with van der Waals surface area (Å²) in [4.78, 5) is 44.0. The van der Waals surface area contributed by atoms with Crippen LogP contribution in [-0.2, 0) is 11.8 Å². The van der Waals surface area contributed by atoms with E-state index in [0.29, 0.717) is 33.1 Å². The van der Waals surface area contributed by atoms with Gasteiger partial charge in [-0.15, -0.1) is 0 Å². The largest absolute Gasteiger partial charge is 0.319 e. The molecule has 0 fully saturated rings. The summed E-state index contributed by atoms with van der Waals surface area (Å²) >= 11 is 1.14. The fraction of sp³-hybridized carbons (Fsp3) is 0.111. The fourth-order valence-electron chi connectivity index (χ4n) is 4.03. The summed E-state index contributed by atoms with van der Waals surface area (Å²) in [7, 11) is 1.77. The number of aromatic nitrogens is 4. The van der Waals surface area contributed by atoms with Gasteiger partial charge in [-0.25, -0.2) is 9.67 Å². The van der Waals surface area contributed by atoms with Gasteiger partial charge in [-0.05, 0) is 43.3 Å².